The maximum Gasteiger partial charge on any atom is -0.00287 e. The van der Waals surface area contributed by atoms with Crippen LogP contribution in [0.15, 0.2) is 24.3 Å². The van der Waals surface area contributed by atoms with Crippen molar-refractivity contribution in [2.24, 2.45) is 5.92 Å². The number of allylic oxidation sites excluding steroid dienone is 3. The third-order valence-corrected chi connectivity index (χ3v) is 2.39. The first kappa shape index (κ1) is 8.58. The van der Waals surface area contributed by atoms with Gasteiger partial charge in [-0.05, 0) is 32.1 Å². The third-order valence-electron chi connectivity index (χ3n) is 2.39. The van der Waals surface area contributed by atoms with Crippen LogP contribution < -0.4 is 0 Å². The van der Waals surface area contributed by atoms with Crippen molar-refractivity contribution >= 4 is 0 Å². The first-order valence-corrected chi connectivity index (χ1v) is 4.63. The molecular weight excluding hydrogens is 132 g/mol. The maximum atomic E-state index is 4.00. The van der Waals surface area contributed by atoms with Gasteiger partial charge in [0, 0.05) is 0 Å². The van der Waals surface area contributed by atoms with Crippen LogP contribution in [0.3, 0.4) is 0 Å². The summed E-state index contributed by atoms with van der Waals surface area (Å²) in [6, 6.07) is 0. The monoisotopic (exact) mass is 150 g/mol. The standard InChI is InChI=1S/C11H18/c1-10(2)11-8-6-4-3-5-7-9-11/h6,8,11H,1,3-5,7,9H2,2H3/b8-6-. The molecule has 0 aromatic rings. The normalized spacial score (nSPS) is 28.6. The first-order chi connectivity index (χ1) is 5.30. The molecule has 0 nitrogen and oxygen atoms in total. The lowest BCUT2D eigenvalue weighted by Crippen LogP contribution is -1.99. The molecule has 0 aliphatic heterocycles. The molecular formula is C11H18. The number of hydrogen-bond donors (Lipinski definition) is 0. The van der Waals surface area contributed by atoms with E-state index in [4.69, 9.17) is 0 Å². The molecule has 0 heteroatoms. The predicted molar refractivity (Wildman–Crippen MR) is 50.5 cm³/mol. The summed E-state index contributed by atoms with van der Waals surface area (Å²) in [7, 11) is 0. The van der Waals surface area contributed by atoms with E-state index in [1.54, 1.807) is 0 Å². The average Bonchev–Trinajstić information content (AvgIpc) is 1.84. The number of hydrogen-bond acceptors (Lipinski definition) is 0. The van der Waals surface area contributed by atoms with E-state index in [0.717, 1.165) is 0 Å². The molecule has 0 amide bonds. The molecule has 0 saturated carbocycles. The van der Waals surface area contributed by atoms with E-state index in [-0.39, 0.29) is 0 Å². The van der Waals surface area contributed by atoms with Crippen molar-refractivity contribution in [3.63, 3.8) is 0 Å². The van der Waals surface area contributed by atoms with Crippen LogP contribution in [0.1, 0.15) is 39.0 Å². The molecule has 0 radical (unpaired) electrons. The Morgan fingerprint density at radius 1 is 1.36 bits per heavy atom. The minimum Gasteiger partial charge on any atom is -0.0995 e. The number of rotatable bonds is 1. The van der Waals surface area contributed by atoms with Gasteiger partial charge in [-0.25, -0.2) is 0 Å². The van der Waals surface area contributed by atoms with Gasteiger partial charge in [0.1, 0.15) is 0 Å². The molecule has 11 heavy (non-hydrogen) atoms. The van der Waals surface area contributed by atoms with Crippen LogP contribution >= 0.6 is 0 Å². The fraction of sp³-hybridized carbons (Fsp3) is 0.636. The van der Waals surface area contributed by atoms with Gasteiger partial charge < -0.3 is 0 Å². The molecule has 1 unspecified atom stereocenters. The van der Waals surface area contributed by atoms with Crippen LogP contribution in [0.4, 0.5) is 0 Å². The Labute approximate surface area is 70.0 Å². The van der Waals surface area contributed by atoms with Gasteiger partial charge in [0.05, 0.1) is 0 Å². The van der Waals surface area contributed by atoms with Gasteiger partial charge in [0.15, 0.2) is 0 Å². The second-order valence-electron chi connectivity index (χ2n) is 3.52. The summed E-state index contributed by atoms with van der Waals surface area (Å²) in [5.74, 6) is 0.662. The molecule has 62 valence electrons. The van der Waals surface area contributed by atoms with Crippen molar-refractivity contribution in [2.45, 2.75) is 39.0 Å². The van der Waals surface area contributed by atoms with E-state index >= 15 is 0 Å². The third kappa shape index (κ3) is 2.92. The van der Waals surface area contributed by atoms with Crippen LogP contribution in [0, 0.1) is 5.92 Å². The van der Waals surface area contributed by atoms with Crippen molar-refractivity contribution in [1.82, 2.24) is 0 Å². The van der Waals surface area contributed by atoms with Crippen molar-refractivity contribution in [1.29, 1.82) is 0 Å². The minimum atomic E-state index is 0.662. The maximum absolute atomic E-state index is 4.00. The molecule has 1 aliphatic carbocycles. The Morgan fingerprint density at radius 2 is 2.18 bits per heavy atom. The zero-order valence-corrected chi connectivity index (χ0v) is 7.47. The van der Waals surface area contributed by atoms with E-state index in [2.05, 4.69) is 25.7 Å². The second-order valence-corrected chi connectivity index (χ2v) is 3.52. The fourth-order valence-corrected chi connectivity index (χ4v) is 1.57. The van der Waals surface area contributed by atoms with E-state index < -0.39 is 0 Å². The highest BCUT2D eigenvalue weighted by atomic mass is 14.1. The van der Waals surface area contributed by atoms with Crippen LogP contribution in [0.5, 0.6) is 0 Å². The lowest BCUT2D eigenvalue weighted by molar-refractivity contribution is 0.567. The molecule has 1 rings (SSSR count). The highest BCUT2D eigenvalue weighted by Crippen LogP contribution is 2.21. The Morgan fingerprint density at radius 3 is 2.91 bits per heavy atom. The second kappa shape index (κ2) is 4.38. The Hall–Kier alpha value is -0.520. The van der Waals surface area contributed by atoms with Gasteiger partial charge in [0.2, 0.25) is 0 Å². The molecule has 0 aromatic carbocycles. The van der Waals surface area contributed by atoms with Crippen molar-refractivity contribution in [2.75, 3.05) is 0 Å². The van der Waals surface area contributed by atoms with E-state index in [1.807, 2.05) is 0 Å². The summed E-state index contributed by atoms with van der Waals surface area (Å²) in [5.41, 5.74) is 1.32. The van der Waals surface area contributed by atoms with Gasteiger partial charge in [-0.2, -0.15) is 0 Å². The van der Waals surface area contributed by atoms with Crippen molar-refractivity contribution in [3.8, 4) is 0 Å². The summed E-state index contributed by atoms with van der Waals surface area (Å²) in [5, 5.41) is 0. The van der Waals surface area contributed by atoms with Gasteiger partial charge in [0.25, 0.3) is 0 Å². The molecule has 0 saturated heterocycles. The topological polar surface area (TPSA) is 0 Å². The minimum absolute atomic E-state index is 0.662. The van der Waals surface area contributed by atoms with Gasteiger partial charge in [-0.3, -0.25) is 0 Å². The van der Waals surface area contributed by atoms with Crippen LogP contribution in [-0.4, -0.2) is 0 Å². The Kier molecular flexibility index (Phi) is 3.41. The molecule has 0 bridgehead atoms. The molecule has 1 atom stereocenters. The molecule has 1 aliphatic rings. The quantitative estimate of drug-likeness (QED) is 0.500. The first-order valence-electron chi connectivity index (χ1n) is 4.63. The zero-order valence-electron chi connectivity index (χ0n) is 7.47. The molecule has 0 N–H and O–H groups in total. The molecule has 0 heterocycles. The highest BCUT2D eigenvalue weighted by molar-refractivity contribution is 5.07. The molecule has 0 aromatic heterocycles. The lowest BCUT2D eigenvalue weighted by Gasteiger charge is -2.14. The summed E-state index contributed by atoms with van der Waals surface area (Å²) in [4.78, 5) is 0. The van der Waals surface area contributed by atoms with Crippen LogP contribution in [-0.2, 0) is 0 Å². The van der Waals surface area contributed by atoms with Crippen molar-refractivity contribution in [3.05, 3.63) is 24.3 Å². The molecule has 0 fully saturated rings. The van der Waals surface area contributed by atoms with Gasteiger partial charge in [-0.1, -0.05) is 37.1 Å². The zero-order chi connectivity index (χ0) is 8.10. The highest BCUT2D eigenvalue weighted by Gasteiger charge is 2.06. The summed E-state index contributed by atoms with van der Waals surface area (Å²) in [6.45, 7) is 6.14. The summed E-state index contributed by atoms with van der Waals surface area (Å²) < 4.78 is 0. The summed E-state index contributed by atoms with van der Waals surface area (Å²) >= 11 is 0. The average molecular weight is 150 g/mol. The predicted octanol–water partition coefficient (Wildman–Crippen LogP) is 3.70. The van der Waals surface area contributed by atoms with E-state index in [9.17, 15) is 0 Å². The van der Waals surface area contributed by atoms with Gasteiger partial charge >= 0.3 is 0 Å². The Balaban J connectivity index is 2.48. The Bertz CT molecular complexity index is 153. The largest absolute Gasteiger partial charge is 0.0995 e. The SMILES string of the molecule is C=C(C)C1/C=C\CCCCC1. The van der Waals surface area contributed by atoms with Gasteiger partial charge in [-0.15, -0.1) is 0 Å². The van der Waals surface area contributed by atoms with E-state index in [1.165, 1.54) is 37.7 Å². The van der Waals surface area contributed by atoms with Crippen molar-refractivity contribution < 1.29 is 0 Å². The lowest BCUT2D eigenvalue weighted by atomic mass is 9.92. The fourth-order valence-electron chi connectivity index (χ4n) is 1.57. The van der Waals surface area contributed by atoms with Crippen LogP contribution in [0.2, 0.25) is 0 Å². The van der Waals surface area contributed by atoms with E-state index in [0.29, 0.717) is 5.92 Å². The smallest absolute Gasteiger partial charge is 0.00287 e. The molecule has 0 spiro atoms. The van der Waals surface area contributed by atoms with Crippen LogP contribution in [0.25, 0.3) is 0 Å². The summed E-state index contributed by atoms with van der Waals surface area (Å²) in [6.07, 6.45) is 11.4.